The standard InChI is InChI=1S/C20H21NO3/c1-13(2)14-4-6-15(7-5-14)20(23)21-11-10-19(22)17-9-8-16(24-3)12-18(17)21/h4-9,12-13H,10-11H2,1-3H3. The van der Waals surface area contributed by atoms with E-state index >= 15 is 0 Å². The quantitative estimate of drug-likeness (QED) is 0.856. The van der Waals surface area contributed by atoms with Crippen molar-refractivity contribution in [2.24, 2.45) is 0 Å². The average Bonchev–Trinajstić information content (AvgIpc) is 2.61. The summed E-state index contributed by atoms with van der Waals surface area (Å²) < 4.78 is 5.24. The molecule has 0 bridgehead atoms. The number of fused-ring (bicyclic) bond motifs is 1. The first-order valence-electron chi connectivity index (χ1n) is 8.14. The van der Waals surface area contributed by atoms with Gasteiger partial charge in [0.2, 0.25) is 0 Å². The molecule has 0 fully saturated rings. The van der Waals surface area contributed by atoms with Gasteiger partial charge in [-0.05, 0) is 35.7 Å². The topological polar surface area (TPSA) is 46.6 Å². The van der Waals surface area contributed by atoms with Crippen LogP contribution in [-0.2, 0) is 0 Å². The normalized spacial score (nSPS) is 13.8. The zero-order chi connectivity index (χ0) is 17.3. The molecule has 0 saturated carbocycles. The molecular weight excluding hydrogens is 302 g/mol. The van der Waals surface area contributed by atoms with E-state index in [0.29, 0.717) is 41.4 Å². The van der Waals surface area contributed by atoms with Gasteiger partial charge in [-0.1, -0.05) is 26.0 Å². The Balaban J connectivity index is 1.96. The van der Waals surface area contributed by atoms with Crippen LogP contribution in [0.2, 0.25) is 0 Å². The van der Waals surface area contributed by atoms with Crippen LogP contribution >= 0.6 is 0 Å². The molecule has 1 amide bonds. The number of carbonyl (C=O) groups excluding carboxylic acids is 2. The van der Waals surface area contributed by atoms with Crippen molar-refractivity contribution >= 4 is 17.4 Å². The Bertz CT molecular complexity index is 778. The molecule has 2 aromatic carbocycles. The van der Waals surface area contributed by atoms with Gasteiger partial charge in [-0.25, -0.2) is 0 Å². The van der Waals surface area contributed by atoms with E-state index in [2.05, 4.69) is 13.8 Å². The fraction of sp³-hybridized carbons (Fsp3) is 0.300. The molecule has 0 N–H and O–H groups in total. The van der Waals surface area contributed by atoms with E-state index in [0.717, 1.165) is 0 Å². The van der Waals surface area contributed by atoms with Crippen molar-refractivity contribution in [3.63, 3.8) is 0 Å². The minimum Gasteiger partial charge on any atom is -0.497 e. The molecular formula is C20H21NO3. The molecule has 1 aliphatic rings. The summed E-state index contributed by atoms with van der Waals surface area (Å²) >= 11 is 0. The summed E-state index contributed by atoms with van der Waals surface area (Å²) in [4.78, 5) is 26.7. The first-order chi connectivity index (χ1) is 11.5. The van der Waals surface area contributed by atoms with Crippen molar-refractivity contribution in [2.45, 2.75) is 26.2 Å². The highest BCUT2D eigenvalue weighted by atomic mass is 16.5. The molecule has 0 unspecified atom stereocenters. The van der Waals surface area contributed by atoms with Crippen molar-refractivity contribution in [1.29, 1.82) is 0 Å². The zero-order valence-corrected chi connectivity index (χ0v) is 14.2. The fourth-order valence-corrected chi connectivity index (χ4v) is 2.94. The Hall–Kier alpha value is -2.62. The average molecular weight is 323 g/mol. The van der Waals surface area contributed by atoms with Crippen molar-refractivity contribution in [3.05, 3.63) is 59.2 Å². The lowest BCUT2D eigenvalue weighted by Crippen LogP contribution is -2.37. The van der Waals surface area contributed by atoms with Gasteiger partial charge in [-0.15, -0.1) is 0 Å². The highest BCUT2D eigenvalue weighted by Gasteiger charge is 2.28. The minimum atomic E-state index is -0.0905. The first kappa shape index (κ1) is 16.2. The van der Waals surface area contributed by atoms with E-state index in [1.54, 1.807) is 30.2 Å². The first-order valence-corrected chi connectivity index (χ1v) is 8.14. The molecule has 0 atom stereocenters. The van der Waals surface area contributed by atoms with Crippen molar-refractivity contribution in [3.8, 4) is 5.75 Å². The third-order valence-corrected chi connectivity index (χ3v) is 4.43. The Morgan fingerprint density at radius 1 is 1.12 bits per heavy atom. The number of methoxy groups -OCH3 is 1. The van der Waals surface area contributed by atoms with Crippen LogP contribution in [0.4, 0.5) is 5.69 Å². The maximum atomic E-state index is 12.9. The van der Waals surface area contributed by atoms with Gasteiger partial charge in [0.1, 0.15) is 5.75 Å². The second-order valence-corrected chi connectivity index (χ2v) is 6.29. The van der Waals surface area contributed by atoms with Crippen LogP contribution in [0.25, 0.3) is 0 Å². The number of hydrogen-bond acceptors (Lipinski definition) is 3. The number of carbonyl (C=O) groups is 2. The molecule has 2 aromatic rings. The zero-order valence-electron chi connectivity index (χ0n) is 14.2. The number of benzene rings is 2. The molecule has 1 aliphatic heterocycles. The van der Waals surface area contributed by atoms with Gasteiger partial charge in [0.05, 0.1) is 12.8 Å². The Morgan fingerprint density at radius 2 is 1.83 bits per heavy atom. The minimum absolute atomic E-state index is 0.0619. The second-order valence-electron chi connectivity index (χ2n) is 6.29. The van der Waals surface area contributed by atoms with Crippen molar-refractivity contribution in [1.82, 2.24) is 0 Å². The van der Waals surface area contributed by atoms with E-state index in [9.17, 15) is 9.59 Å². The molecule has 0 aliphatic carbocycles. The van der Waals surface area contributed by atoms with E-state index in [1.165, 1.54) is 5.56 Å². The van der Waals surface area contributed by atoms with Gasteiger partial charge in [-0.3, -0.25) is 9.59 Å². The molecule has 0 radical (unpaired) electrons. The number of Topliss-reactive ketones (excluding diaryl/α,β-unsaturated/α-hetero) is 1. The Labute approximate surface area is 142 Å². The number of hydrogen-bond donors (Lipinski definition) is 0. The van der Waals surface area contributed by atoms with Crippen molar-refractivity contribution < 1.29 is 14.3 Å². The van der Waals surface area contributed by atoms with Gasteiger partial charge >= 0.3 is 0 Å². The monoisotopic (exact) mass is 323 g/mol. The number of amides is 1. The van der Waals surface area contributed by atoms with Gasteiger partial charge in [0.15, 0.2) is 5.78 Å². The van der Waals surface area contributed by atoms with Crippen LogP contribution in [0, 0.1) is 0 Å². The van der Waals surface area contributed by atoms with E-state index in [4.69, 9.17) is 4.74 Å². The molecule has 4 heteroatoms. The van der Waals surface area contributed by atoms with Gasteiger partial charge < -0.3 is 9.64 Å². The highest BCUT2D eigenvalue weighted by Crippen LogP contribution is 2.32. The third kappa shape index (κ3) is 2.92. The molecule has 24 heavy (non-hydrogen) atoms. The van der Waals surface area contributed by atoms with Crippen LogP contribution in [0.15, 0.2) is 42.5 Å². The van der Waals surface area contributed by atoms with E-state index in [1.807, 2.05) is 24.3 Å². The molecule has 1 heterocycles. The molecule has 4 nitrogen and oxygen atoms in total. The van der Waals surface area contributed by atoms with Crippen LogP contribution < -0.4 is 9.64 Å². The fourth-order valence-electron chi connectivity index (χ4n) is 2.94. The third-order valence-electron chi connectivity index (χ3n) is 4.43. The number of anilines is 1. The number of ether oxygens (including phenoxy) is 1. The Morgan fingerprint density at radius 3 is 2.46 bits per heavy atom. The summed E-state index contributed by atoms with van der Waals surface area (Å²) in [5.74, 6) is 1.03. The van der Waals surface area contributed by atoms with Crippen LogP contribution in [0.1, 0.15) is 52.5 Å². The van der Waals surface area contributed by atoms with Gasteiger partial charge in [0, 0.05) is 30.2 Å². The smallest absolute Gasteiger partial charge is 0.258 e. The lowest BCUT2D eigenvalue weighted by molar-refractivity contribution is 0.0955. The van der Waals surface area contributed by atoms with Gasteiger partial charge in [0.25, 0.3) is 5.91 Å². The number of ketones is 1. The van der Waals surface area contributed by atoms with Crippen LogP contribution in [0.3, 0.4) is 0 Å². The van der Waals surface area contributed by atoms with E-state index in [-0.39, 0.29) is 11.7 Å². The van der Waals surface area contributed by atoms with Crippen LogP contribution in [0.5, 0.6) is 5.75 Å². The van der Waals surface area contributed by atoms with Crippen molar-refractivity contribution in [2.75, 3.05) is 18.6 Å². The lowest BCUT2D eigenvalue weighted by atomic mass is 9.98. The second kappa shape index (κ2) is 6.48. The lowest BCUT2D eigenvalue weighted by Gasteiger charge is -2.29. The maximum Gasteiger partial charge on any atom is 0.258 e. The summed E-state index contributed by atoms with van der Waals surface area (Å²) in [5.41, 5.74) is 3.03. The molecule has 3 rings (SSSR count). The summed E-state index contributed by atoms with van der Waals surface area (Å²) in [7, 11) is 1.57. The summed E-state index contributed by atoms with van der Waals surface area (Å²) in [6, 6.07) is 12.9. The van der Waals surface area contributed by atoms with Gasteiger partial charge in [-0.2, -0.15) is 0 Å². The highest BCUT2D eigenvalue weighted by molar-refractivity contribution is 6.13. The maximum absolute atomic E-state index is 12.9. The summed E-state index contributed by atoms with van der Waals surface area (Å²) in [5, 5.41) is 0. The Kier molecular flexibility index (Phi) is 4.38. The molecule has 124 valence electrons. The van der Waals surface area contributed by atoms with Crippen LogP contribution in [-0.4, -0.2) is 25.3 Å². The molecule has 0 aromatic heterocycles. The summed E-state index contributed by atoms with van der Waals surface area (Å²) in [6.45, 7) is 4.63. The van der Waals surface area contributed by atoms with E-state index < -0.39 is 0 Å². The number of nitrogens with zero attached hydrogens (tertiary/aromatic N) is 1. The molecule has 0 saturated heterocycles. The molecule has 0 spiro atoms. The summed E-state index contributed by atoms with van der Waals surface area (Å²) in [6.07, 6.45) is 0.342. The predicted molar refractivity (Wildman–Crippen MR) is 94.1 cm³/mol. The largest absolute Gasteiger partial charge is 0.497 e. The SMILES string of the molecule is COc1ccc2c(c1)N(C(=O)c1ccc(C(C)C)cc1)CCC2=O. The number of rotatable bonds is 3. The predicted octanol–water partition coefficient (Wildman–Crippen LogP) is 4.05.